The molecule has 0 aliphatic carbocycles. The van der Waals surface area contributed by atoms with Crippen LogP contribution in [0, 0.1) is 0 Å². The van der Waals surface area contributed by atoms with Crippen molar-refractivity contribution in [3.05, 3.63) is 82.7 Å². The maximum Gasteiger partial charge on any atom is 0.267 e. The van der Waals surface area contributed by atoms with E-state index in [9.17, 15) is 9.59 Å². The van der Waals surface area contributed by atoms with E-state index in [0.29, 0.717) is 27.9 Å². The van der Waals surface area contributed by atoms with Crippen LogP contribution in [0.25, 0.3) is 10.9 Å². The summed E-state index contributed by atoms with van der Waals surface area (Å²) < 4.78 is 5.20. The summed E-state index contributed by atoms with van der Waals surface area (Å²) in [5.74, 6) is 5.27. The number of methoxy groups -OCH3 is 1. The predicted octanol–water partition coefficient (Wildman–Crippen LogP) is 3.70. The molecule has 3 aromatic rings. The number of allylic oxidation sites excluding steroid dienone is 2. The minimum Gasteiger partial charge on any atom is -0.497 e. The molecule has 8 nitrogen and oxygen atoms in total. The molecule has 0 atom stereocenters. The smallest absolute Gasteiger partial charge is 0.267 e. The summed E-state index contributed by atoms with van der Waals surface area (Å²) in [4.78, 5) is 29.3. The molecule has 0 fully saturated rings. The van der Waals surface area contributed by atoms with Gasteiger partial charge < -0.3 is 21.6 Å². The number of rotatable bonds is 9. The minimum atomic E-state index is -0.704. The van der Waals surface area contributed by atoms with Crippen molar-refractivity contribution in [1.82, 2.24) is 10.3 Å². The highest BCUT2D eigenvalue weighted by Gasteiger charge is 2.18. The molecule has 0 saturated carbocycles. The number of pyridine rings is 1. The van der Waals surface area contributed by atoms with E-state index < -0.39 is 11.8 Å². The lowest BCUT2D eigenvalue weighted by molar-refractivity contribution is 0.0969. The van der Waals surface area contributed by atoms with E-state index in [4.69, 9.17) is 16.3 Å². The molecule has 2 amide bonds. The van der Waals surface area contributed by atoms with Crippen LogP contribution in [0.1, 0.15) is 53.1 Å². The molecule has 0 saturated heterocycles. The summed E-state index contributed by atoms with van der Waals surface area (Å²) in [6.45, 7) is 3.68. The van der Waals surface area contributed by atoms with Gasteiger partial charge in [-0.05, 0) is 68.5 Å². The summed E-state index contributed by atoms with van der Waals surface area (Å²) in [7, 11) is 1.64. The van der Waals surface area contributed by atoms with E-state index in [1.807, 2.05) is 31.2 Å². The van der Waals surface area contributed by atoms with E-state index >= 15 is 0 Å². The lowest BCUT2D eigenvalue weighted by Gasteiger charge is -2.15. The third kappa shape index (κ3) is 5.78. The number of ether oxygens (including phenoxy) is 1. The Kier molecular flexibility index (Phi) is 7.97. The largest absolute Gasteiger partial charge is 0.497 e. The molecule has 34 heavy (non-hydrogen) atoms. The maximum atomic E-state index is 13.3. The monoisotopic (exact) mass is 459 g/mol. The van der Waals surface area contributed by atoms with Crippen LogP contribution in [-0.4, -0.2) is 29.6 Å². The van der Waals surface area contributed by atoms with Gasteiger partial charge in [-0.15, -0.1) is 0 Å². The Morgan fingerprint density at radius 3 is 2.44 bits per heavy atom. The van der Waals surface area contributed by atoms with Crippen molar-refractivity contribution >= 4 is 28.4 Å². The normalized spacial score (nSPS) is 12.3. The molecular weight excluding hydrogens is 430 g/mol. The van der Waals surface area contributed by atoms with Crippen molar-refractivity contribution in [2.75, 3.05) is 7.11 Å². The molecule has 0 radical (unpaired) electrons. The molecule has 0 spiro atoms. The molecule has 1 aromatic heterocycles. The van der Waals surface area contributed by atoms with Crippen LogP contribution in [0.5, 0.6) is 5.75 Å². The highest BCUT2D eigenvalue weighted by molar-refractivity contribution is 6.12. The SMILES string of the molecule is COc1ccc(CCC/C(C)=C(NC(=O)c2cc(C(N)=O)nc3ccccc23)\C(C)=N/N)cc1. The van der Waals surface area contributed by atoms with Crippen LogP contribution in [-0.2, 0) is 6.42 Å². The molecule has 0 aliphatic heterocycles. The van der Waals surface area contributed by atoms with Gasteiger partial charge in [0.25, 0.3) is 11.8 Å². The second-order valence-electron chi connectivity index (χ2n) is 7.96. The molecule has 0 unspecified atom stereocenters. The molecule has 2 aromatic carbocycles. The van der Waals surface area contributed by atoms with E-state index in [1.165, 1.54) is 11.6 Å². The highest BCUT2D eigenvalue weighted by Crippen LogP contribution is 2.20. The van der Waals surface area contributed by atoms with Gasteiger partial charge in [-0.1, -0.05) is 30.3 Å². The number of para-hydroxylation sites is 1. The number of nitrogens with zero attached hydrogens (tertiary/aromatic N) is 2. The topological polar surface area (TPSA) is 133 Å². The fourth-order valence-electron chi connectivity index (χ4n) is 3.72. The van der Waals surface area contributed by atoms with Crippen LogP contribution in [0.2, 0.25) is 0 Å². The number of hydrogen-bond acceptors (Lipinski definition) is 6. The van der Waals surface area contributed by atoms with Gasteiger partial charge in [-0.3, -0.25) is 9.59 Å². The molecule has 1 heterocycles. The number of fused-ring (bicyclic) bond motifs is 1. The van der Waals surface area contributed by atoms with Crippen molar-refractivity contribution in [3.63, 3.8) is 0 Å². The molecule has 0 aliphatic rings. The third-order valence-corrected chi connectivity index (χ3v) is 5.61. The van der Waals surface area contributed by atoms with Gasteiger partial charge in [-0.25, -0.2) is 4.98 Å². The molecule has 5 N–H and O–H groups in total. The number of benzene rings is 2. The molecule has 8 heteroatoms. The maximum absolute atomic E-state index is 13.3. The quantitative estimate of drug-likeness (QED) is 0.255. The number of nitrogens with one attached hydrogen (secondary N) is 1. The van der Waals surface area contributed by atoms with Crippen molar-refractivity contribution in [3.8, 4) is 5.75 Å². The summed E-state index contributed by atoms with van der Waals surface area (Å²) in [6, 6.07) is 16.5. The Morgan fingerprint density at radius 1 is 1.09 bits per heavy atom. The molecule has 0 bridgehead atoms. The zero-order chi connectivity index (χ0) is 24.7. The lowest BCUT2D eigenvalue weighted by Crippen LogP contribution is -2.29. The second kappa shape index (κ2) is 11.1. The average Bonchev–Trinajstić information content (AvgIpc) is 2.86. The fourth-order valence-corrected chi connectivity index (χ4v) is 3.72. The number of hydrazone groups is 1. The Balaban J connectivity index is 1.83. The summed E-state index contributed by atoms with van der Waals surface area (Å²) in [6.07, 6.45) is 2.48. The van der Waals surface area contributed by atoms with E-state index in [2.05, 4.69) is 15.4 Å². The van der Waals surface area contributed by atoms with Gasteiger partial charge in [0.2, 0.25) is 0 Å². The Morgan fingerprint density at radius 2 is 1.79 bits per heavy atom. The standard InChI is InChI=1S/C26H29N5O3/c1-16(7-6-8-18-11-13-19(34-3)14-12-18)24(17(2)31-28)30-26(33)21-15-23(25(27)32)29-22-10-5-4-9-20(21)22/h4-5,9-15H,6-8,28H2,1-3H3,(H2,27,32)(H,30,33)/b24-16+,31-17-. The number of aryl methyl sites for hydroxylation is 1. The number of amides is 2. The number of carbonyl (C=O) groups excluding carboxylic acids is 2. The van der Waals surface area contributed by atoms with Gasteiger partial charge in [-0.2, -0.15) is 5.10 Å². The minimum absolute atomic E-state index is 0.0230. The molecule has 176 valence electrons. The zero-order valence-electron chi connectivity index (χ0n) is 19.6. The lowest BCUT2D eigenvalue weighted by atomic mass is 10.0. The van der Waals surface area contributed by atoms with Gasteiger partial charge in [0, 0.05) is 5.39 Å². The Bertz CT molecular complexity index is 1260. The first kappa shape index (κ1) is 24.4. The van der Waals surface area contributed by atoms with Crippen molar-refractivity contribution in [1.29, 1.82) is 0 Å². The van der Waals surface area contributed by atoms with Crippen molar-refractivity contribution < 1.29 is 14.3 Å². The number of carbonyl (C=O) groups is 2. The Labute approximate surface area is 198 Å². The fraction of sp³-hybridized carbons (Fsp3) is 0.231. The molecular formula is C26H29N5O3. The third-order valence-electron chi connectivity index (χ3n) is 5.61. The first-order valence-corrected chi connectivity index (χ1v) is 10.9. The summed E-state index contributed by atoms with van der Waals surface area (Å²) >= 11 is 0. The van der Waals surface area contributed by atoms with Gasteiger partial charge in [0.1, 0.15) is 11.4 Å². The van der Waals surface area contributed by atoms with Gasteiger partial charge in [0.15, 0.2) is 0 Å². The number of nitrogens with two attached hydrogens (primary N) is 2. The van der Waals surface area contributed by atoms with Crippen LogP contribution >= 0.6 is 0 Å². The van der Waals surface area contributed by atoms with Crippen molar-refractivity contribution in [2.45, 2.75) is 33.1 Å². The number of primary amides is 1. The summed E-state index contributed by atoms with van der Waals surface area (Å²) in [5.41, 5.74) is 9.47. The van der Waals surface area contributed by atoms with Gasteiger partial charge >= 0.3 is 0 Å². The number of hydrogen-bond donors (Lipinski definition) is 3. The average molecular weight is 460 g/mol. The summed E-state index contributed by atoms with van der Waals surface area (Å²) in [5, 5.41) is 7.35. The van der Waals surface area contributed by atoms with E-state index in [-0.39, 0.29) is 5.69 Å². The van der Waals surface area contributed by atoms with Crippen molar-refractivity contribution in [2.24, 2.45) is 16.7 Å². The molecule has 3 rings (SSSR count). The second-order valence-corrected chi connectivity index (χ2v) is 7.96. The predicted molar refractivity (Wildman–Crippen MR) is 134 cm³/mol. The van der Waals surface area contributed by atoms with Gasteiger partial charge in [0.05, 0.1) is 29.6 Å². The van der Waals surface area contributed by atoms with Crippen LogP contribution in [0.3, 0.4) is 0 Å². The van der Waals surface area contributed by atoms with E-state index in [1.54, 1.807) is 38.3 Å². The zero-order valence-corrected chi connectivity index (χ0v) is 19.6. The van der Waals surface area contributed by atoms with Crippen LogP contribution in [0.15, 0.2) is 71.0 Å². The van der Waals surface area contributed by atoms with Crippen LogP contribution < -0.4 is 21.6 Å². The number of aromatic nitrogens is 1. The van der Waals surface area contributed by atoms with Crippen LogP contribution in [0.4, 0.5) is 0 Å². The first-order chi connectivity index (χ1) is 16.3. The highest BCUT2D eigenvalue weighted by atomic mass is 16.5. The Hall–Kier alpha value is -4.20. The van der Waals surface area contributed by atoms with E-state index in [0.717, 1.165) is 30.6 Å². The first-order valence-electron chi connectivity index (χ1n) is 10.9.